The van der Waals surface area contributed by atoms with E-state index in [0.717, 1.165) is 66.0 Å². The molecule has 0 saturated carbocycles. The molecule has 0 radical (unpaired) electrons. The highest BCUT2D eigenvalue weighted by Crippen LogP contribution is 2.46. The number of hydrogen-bond donors (Lipinski definition) is 0. The Morgan fingerprint density at radius 3 is 1.56 bits per heavy atom. The fraction of sp³-hybridized carbons (Fsp3) is 0. The number of aromatic nitrogens is 4. The lowest BCUT2D eigenvalue weighted by Crippen LogP contribution is -2.06. The number of para-hydroxylation sites is 1. The van der Waals surface area contributed by atoms with Gasteiger partial charge in [-0.2, -0.15) is 9.97 Å². The van der Waals surface area contributed by atoms with Gasteiger partial charge in [0.25, 0.3) is 0 Å². The zero-order valence-corrected chi connectivity index (χ0v) is 33.2. The molecule has 0 saturated heterocycles. The maximum Gasteiger partial charge on any atom is 0.238 e. The molecule has 0 unspecified atom stereocenters. The van der Waals surface area contributed by atoms with E-state index in [0.29, 0.717) is 17.6 Å². The molecular weight excluding hydrogens is 757 g/mol. The van der Waals surface area contributed by atoms with Crippen LogP contribution in [0.5, 0.6) is 0 Å². The summed E-state index contributed by atoms with van der Waals surface area (Å²) in [7, 11) is 0. The zero-order valence-electron chi connectivity index (χ0n) is 33.2. The molecule has 0 aliphatic rings. The molecule has 0 fully saturated rings. The van der Waals surface area contributed by atoms with Crippen LogP contribution < -0.4 is 0 Å². The van der Waals surface area contributed by atoms with Crippen LogP contribution in [0.15, 0.2) is 199 Å². The molecule has 3 heterocycles. The van der Waals surface area contributed by atoms with Crippen molar-refractivity contribution in [3.05, 3.63) is 194 Å². The van der Waals surface area contributed by atoms with Gasteiger partial charge in [-0.3, -0.25) is 4.57 Å². The average Bonchev–Trinajstić information content (AvgIpc) is 3.89. The molecule has 0 bridgehead atoms. The Morgan fingerprint density at radius 2 is 0.823 bits per heavy atom. The summed E-state index contributed by atoms with van der Waals surface area (Å²) in [5.41, 5.74) is 8.07. The Labute approximate surface area is 354 Å². The van der Waals surface area contributed by atoms with Crippen molar-refractivity contribution in [2.24, 2.45) is 0 Å². The molecule has 11 aromatic carbocycles. The molecule has 0 atom stereocenters. The number of fused-ring (bicyclic) bond motifs is 10. The molecule has 0 aliphatic heterocycles. The summed E-state index contributed by atoms with van der Waals surface area (Å²) in [6, 6.07) is 69.3. The van der Waals surface area contributed by atoms with Crippen molar-refractivity contribution in [3.8, 4) is 39.9 Å². The molecular formula is C57H32N4O. The SMILES string of the molecule is c1ccc2cc(-c3nc(-c4ccc5ccccc5c4)nc(-n4c5cccc6c7ccc8ccc(-c9ccc%10c(c9)oc9ccccc9%10)cc8c7c7cccc4c7c65)n3)ccc2c1. The molecule has 0 N–H and O–H groups in total. The Kier molecular flexibility index (Phi) is 6.77. The third-order valence-electron chi connectivity index (χ3n) is 12.9. The van der Waals surface area contributed by atoms with Gasteiger partial charge in [-0.1, -0.05) is 146 Å². The van der Waals surface area contributed by atoms with E-state index in [1.165, 1.54) is 53.9 Å². The van der Waals surface area contributed by atoms with Gasteiger partial charge in [0.2, 0.25) is 5.95 Å². The average molecular weight is 789 g/mol. The highest BCUT2D eigenvalue weighted by molar-refractivity contribution is 6.38. The predicted octanol–water partition coefficient (Wildman–Crippen LogP) is 15.1. The summed E-state index contributed by atoms with van der Waals surface area (Å²) in [5, 5.41) is 16.6. The summed E-state index contributed by atoms with van der Waals surface area (Å²) in [6.45, 7) is 0. The third kappa shape index (κ3) is 4.82. The Balaban J connectivity index is 1.02. The van der Waals surface area contributed by atoms with E-state index in [9.17, 15) is 0 Å². The second-order valence-electron chi connectivity index (χ2n) is 16.4. The first kappa shape index (κ1) is 33.4. The second-order valence-corrected chi connectivity index (χ2v) is 16.4. The number of benzene rings is 11. The van der Waals surface area contributed by atoms with Crippen molar-refractivity contribution in [2.75, 3.05) is 0 Å². The minimum atomic E-state index is 0.583. The van der Waals surface area contributed by atoms with Crippen molar-refractivity contribution in [1.29, 1.82) is 0 Å². The first-order valence-electron chi connectivity index (χ1n) is 21.0. The van der Waals surface area contributed by atoms with Crippen LogP contribution in [0, 0.1) is 0 Å². The van der Waals surface area contributed by atoms with E-state index in [-0.39, 0.29) is 0 Å². The molecule has 5 nitrogen and oxygen atoms in total. The topological polar surface area (TPSA) is 56.7 Å². The lowest BCUT2D eigenvalue weighted by molar-refractivity contribution is 0.669. The van der Waals surface area contributed by atoms with Gasteiger partial charge >= 0.3 is 0 Å². The molecule has 62 heavy (non-hydrogen) atoms. The van der Waals surface area contributed by atoms with E-state index in [2.05, 4.69) is 187 Å². The molecule has 0 amide bonds. The summed E-state index contributed by atoms with van der Waals surface area (Å²) in [4.78, 5) is 15.9. The molecule has 286 valence electrons. The number of hydrogen-bond acceptors (Lipinski definition) is 4. The van der Waals surface area contributed by atoms with E-state index in [1.54, 1.807) is 0 Å². The van der Waals surface area contributed by atoms with E-state index in [1.807, 2.05) is 12.1 Å². The summed E-state index contributed by atoms with van der Waals surface area (Å²) < 4.78 is 8.57. The van der Waals surface area contributed by atoms with Crippen molar-refractivity contribution >= 4 is 97.6 Å². The van der Waals surface area contributed by atoms with Crippen molar-refractivity contribution in [1.82, 2.24) is 19.5 Å². The van der Waals surface area contributed by atoms with Crippen LogP contribution >= 0.6 is 0 Å². The standard InChI is InChI=1S/C57H32N4O/c1-3-11-36-29-40(23-19-33(36)9-1)55-58-56(41-24-20-34-10-2-4-12-37(34)30-41)60-57(59-55)61-48-16-7-14-44-45-28-25-35-21-22-38(31-47(35)52(45)46-15-8-17-49(61)54(46)53(44)48)39-26-27-43-42-13-5-6-18-50(42)62-51(43)32-39/h1-32H. The predicted molar refractivity (Wildman–Crippen MR) is 256 cm³/mol. The van der Waals surface area contributed by atoms with Crippen LogP contribution in [0.3, 0.4) is 0 Å². The van der Waals surface area contributed by atoms with Crippen molar-refractivity contribution in [2.45, 2.75) is 0 Å². The van der Waals surface area contributed by atoms with Crippen molar-refractivity contribution in [3.63, 3.8) is 0 Å². The van der Waals surface area contributed by atoms with Gasteiger partial charge in [-0.05, 0) is 114 Å². The van der Waals surface area contributed by atoms with E-state index in [4.69, 9.17) is 19.4 Å². The highest BCUT2D eigenvalue weighted by atomic mass is 16.3. The minimum absolute atomic E-state index is 0.583. The summed E-state index contributed by atoms with van der Waals surface area (Å²) in [5.74, 6) is 1.84. The maximum absolute atomic E-state index is 6.32. The third-order valence-corrected chi connectivity index (χ3v) is 12.9. The Bertz CT molecular complexity index is 4080. The largest absolute Gasteiger partial charge is 0.456 e. The lowest BCUT2D eigenvalue weighted by atomic mass is 9.90. The molecule has 14 aromatic rings. The molecule has 5 heteroatoms. The monoisotopic (exact) mass is 788 g/mol. The smallest absolute Gasteiger partial charge is 0.238 e. The summed E-state index contributed by atoms with van der Waals surface area (Å²) in [6.07, 6.45) is 0. The fourth-order valence-corrected chi connectivity index (χ4v) is 10.1. The molecule has 3 aromatic heterocycles. The summed E-state index contributed by atoms with van der Waals surface area (Å²) >= 11 is 0. The lowest BCUT2D eigenvalue weighted by Gasteiger charge is -2.13. The van der Waals surface area contributed by atoms with Gasteiger partial charge < -0.3 is 4.42 Å². The zero-order chi connectivity index (χ0) is 40.5. The van der Waals surface area contributed by atoms with E-state index < -0.39 is 0 Å². The Hall–Kier alpha value is -8.41. The second kappa shape index (κ2) is 12.6. The first-order valence-corrected chi connectivity index (χ1v) is 21.0. The normalized spacial score (nSPS) is 12.2. The quantitative estimate of drug-likeness (QED) is 0.167. The molecule has 0 spiro atoms. The fourth-order valence-electron chi connectivity index (χ4n) is 10.1. The van der Waals surface area contributed by atoms with Crippen molar-refractivity contribution < 1.29 is 4.42 Å². The van der Waals surface area contributed by atoms with Crippen LogP contribution in [0.4, 0.5) is 0 Å². The molecule has 0 aliphatic carbocycles. The van der Waals surface area contributed by atoms with Gasteiger partial charge in [0.1, 0.15) is 11.2 Å². The van der Waals surface area contributed by atoms with Crippen LogP contribution in [-0.2, 0) is 0 Å². The highest BCUT2D eigenvalue weighted by Gasteiger charge is 2.23. The first-order chi connectivity index (χ1) is 30.7. The van der Waals surface area contributed by atoms with Gasteiger partial charge in [0, 0.05) is 32.7 Å². The number of nitrogens with zero attached hydrogens (tertiary/aromatic N) is 4. The minimum Gasteiger partial charge on any atom is -0.456 e. The van der Waals surface area contributed by atoms with Gasteiger partial charge in [0.15, 0.2) is 11.6 Å². The Morgan fingerprint density at radius 1 is 0.306 bits per heavy atom. The van der Waals surface area contributed by atoms with Crippen LogP contribution in [0.2, 0.25) is 0 Å². The van der Waals surface area contributed by atoms with E-state index >= 15 is 0 Å². The van der Waals surface area contributed by atoms with Crippen LogP contribution in [-0.4, -0.2) is 19.5 Å². The van der Waals surface area contributed by atoms with Gasteiger partial charge in [-0.15, -0.1) is 0 Å². The van der Waals surface area contributed by atoms with Gasteiger partial charge in [-0.25, -0.2) is 4.98 Å². The van der Waals surface area contributed by atoms with Gasteiger partial charge in [0.05, 0.1) is 11.0 Å². The number of rotatable bonds is 4. The number of furan rings is 1. The van der Waals surface area contributed by atoms with Crippen LogP contribution in [0.1, 0.15) is 0 Å². The maximum atomic E-state index is 6.32. The van der Waals surface area contributed by atoms with Crippen LogP contribution in [0.25, 0.3) is 137 Å². The molecule has 14 rings (SSSR count).